The summed E-state index contributed by atoms with van der Waals surface area (Å²) in [5.74, 6) is -2.99. The van der Waals surface area contributed by atoms with Crippen LogP contribution in [0.3, 0.4) is 0 Å². The third-order valence-corrected chi connectivity index (χ3v) is 4.96. The van der Waals surface area contributed by atoms with E-state index in [1.54, 1.807) is 6.07 Å². The minimum absolute atomic E-state index is 0.178. The first-order chi connectivity index (χ1) is 15.2. The van der Waals surface area contributed by atoms with E-state index in [1.807, 2.05) is 56.3 Å². The number of carbonyl (C=O) groups excluding carboxylic acids is 2. The van der Waals surface area contributed by atoms with Crippen LogP contribution in [0.4, 0.5) is 0 Å². The standard InChI is InChI=1S/C23H28ClN3O5/c1-14(2)13-25-27-22(30)21(29)26-17(12-20(28)23(31)32)10-15-8-9-18(19(24)11-15)16-6-4-3-5-7-16/h3-9,11,14,17,20,25,28H,10,12-13H2,1-2H3,(H,26,29)(H,27,30)(H,31,32)/t17-,20-/m1/s1. The Bertz CT molecular complexity index is 936. The Kier molecular flexibility index (Phi) is 9.64. The highest BCUT2D eigenvalue weighted by atomic mass is 35.5. The van der Waals surface area contributed by atoms with E-state index in [0.29, 0.717) is 11.6 Å². The summed E-state index contributed by atoms with van der Waals surface area (Å²) in [7, 11) is 0. The number of hydrogen-bond acceptors (Lipinski definition) is 5. The molecule has 5 N–H and O–H groups in total. The number of rotatable bonds is 10. The second-order valence-corrected chi connectivity index (χ2v) is 8.28. The van der Waals surface area contributed by atoms with Crippen LogP contribution in [0, 0.1) is 5.92 Å². The first-order valence-electron chi connectivity index (χ1n) is 10.3. The zero-order valence-corrected chi connectivity index (χ0v) is 18.7. The van der Waals surface area contributed by atoms with Crippen LogP contribution in [0.5, 0.6) is 0 Å². The zero-order chi connectivity index (χ0) is 23.7. The SMILES string of the molecule is CC(C)CNNC(=O)C(=O)N[C@H](Cc1ccc(-c2ccccc2)c(Cl)c1)C[C@@H](O)C(=O)O. The van der Waals surface area contributed by atoms with Crippen LogP contribution in [-0.4, -0.2) is 46.7 Å². The lowest BCUT2D eigenvalue weighted by atomic mass is 9.97. The van der Waals surface area contributed by atoms with Crippen LogP contribution in [0.2, 0.25) is 5.02 Å². The fourth-order valence-corrected chi connectivity index (χ4v) is 3.34. The number of carboxylic acids is 1. The Labute approximate surface area is 191 Å². The van der Waals surface area contributed by atoms with E-state index in [0.717, 1.165) is 16.7 Å². The van der Waals surface area contributed by atoms with Gasteiger partial charge in [0, 0.05) is 29.6 Å². The van der Waals surface area contributed by atoms with Crippen molar-refractivity contribution in [3.8, 4) is 11.1 Å². The molecule has 9 heteroatoms. The van der Waals surface area contributed by atoms with E-state index in [4.69, 9.17) is 16.7 Å². The molecule has 0 saturated heterocycles. The van der Waals surface area contributed by atoms with Crippen molar-refractivity contribution in [2.75, 3.05) is 6.54 Å². The van der Waals surface area contributed by atoms with Crippen LogP contribution in [-0.2, 0) is 20.8 Å². The van der Waals surface area contributed by atoms with Gasteiger partial charge in [0.05, 0.1) is 0 Å². The van der Waals surface area contributed by atoms with Crippen LogP contribution in [0.1, 0.15) is 25.8 Å². The summed E-state index contributed by atoms with van der Waals surface area (Å²) < 4.78 is 0. The van der Waals surface area contributed by atoms with E-state index in [2.05, 4.69) is 16.2 Å². The number of carbonyl (C=O) groups is 3. The minimum Gasteiger partial charge on any atom is -0.479 e. The molecule has 2 atom stereocenters. The molecule has 0 aromatic heterocycles. The topological polar surface area (TPSA) is 128 Å². The molecule has 8 nitrogen and oxygen atoms in total. The average molecular weight is 462 g/mol. The molecule has 172 valence electrons. The van der Waals surface area contributed by atoms with Gasteiger partial charge >= 0.3 is 17.8 Å². The molecule has 0 heterocycles. The summed E-state index contributed by atoms with van der Waals surface area (Å²) in [5, 5.41) is 21.8. The number of hydrazine groups is 1. The van der Waals surface area contributed by atoms with Crippen LogP contribution in [0.15, 0.2) is 48.5 Å². The van der Waals surface area contributed by atoms with Crippen LogP contribution >= 0.6 is 11.6 Å². The van der Waals surface area contributed by atoms with Crippen molar-refractivity contribution in [3.63, 3.8) is 0 Å². The predicted molar refractivity (Wildman–Crippen MR) is 122 cm³/mol. The van der Waals surface area contributed by atoms with Gasteiger partial charge in [-0.2, -0.15) is 0 Å². The van der Waals surface area contributed by atoms with Crippen molar-refractivity contribution < 1.29 is 24.6 Å². The number of halogens is 1. The van der Waals surface area contributed by atoms with Gasteiger partial charge in [-0.05, 0) is 29.5 Å². The largest absolute Gasteiger partial charge is 0.479 e. The van der Waals surface area contributed by atoms with E-state index in [9.17, 15) is 19.5 Å². The number of aliphatic carboxylic acids is 1. The van der Waals surface area contributed by atoms with Gasteiger partial charge in [0.15, 0.2) is 6.10 Å². The molecule has 0 aliphatic carbocycles. The van der Waals surface area contributed by atoms with E-state index in [1.165, 1.54) is 0 Å². The molecule has 2 amide bonds. The van der Waals surface area contributed by atoms with E-state index in [-0.39, 0.29) is 18.8 Å². The van der Waals surface area contributed by atoms with Gasteiger partial charge in [0.25, 0.3) is 0 Å². The van der Waals surface area contributed by atoms with E-state index >= 15 is 0 Å². The molecular formula is C23H28ClN3O5. The molecule has 0 fully saturated rings. The molecule has 2 aromatic carbocycles. The lowest BCUT2D eigenvalue weighted by molar-refractivity contribution is -0.147. The number of nitrogens with one attached hydrogen (secondary N) is 3. The molecule has 2 rings (SSSR count). The highest BCUT2D eigenvalue weighted by Gasteiger charge is 2.24. The first kappa shape index (κ1) is 25.3. The van der Waals surface area contributed by atoms with Crippen molar-refractivity contribution in [1.82, 2.24) is 16.2 Å². The molecule has 0 bridgehead atoms. The lowest BCUT2D eigenvalue weighted by Gasteiger charge is -2.21. The van der Waals surface area contributed by atoms with Crippen LogP contribution in [0.25, 0.3) is 11.1 Å². The predicted octanol–water partition coefficient (Wildman–Crippen LogP) is 2.15. The van der Waals surface area contributed by atoms with Crippen molar-refractivity contribution in [3.05, 3.63) is 59.1 Å². The summed E-state index contributed by atoms with van der Waals surface area (Å²) in [5.41, 5.74) is 7.44. The second kappa shape index (κ2) is 12.2. The highest BCUT2D eigenvalue weighted by Crippen LogP contribution is 2.29. The molecule has 32 heavy (non-hydrogen) atoms. The van der Waals surface area contributed by atoms with Gasteiger partial charge in [-0.15, -0.1) is 0 Å². The lowest BCUT2D eigenvalue weighted by Crippen LogP contribution is -2.50. The van der Waals surface area contributed by atoms with Gasteiger partial charge in [-0.1, -0.05) is 67.9 Å². The summed E-state index contributed by atoms with van der Waals surface area (Å²) >= 11 is 6.44. The summed E-state index contributed by atoms with van der Waals surface area (Å²) in [6.45, 7) is 4.36. The van der Waals surface area contributed by atoms with Crippen molar-refractivity contribution in [1.29, 1.82) is 0 Å². The van der Waals surface area contributed by atoms with Crippen LogP contribution < -0.4 is 16.2 Å². The molecule has 0 spiro atoms. The van der Waals surface area contributed by atoms with Crippen molar-refractivity contribution in [2.45, 2.75) is 38.8 Å². The Hall–Kier alpha value is -2.94. The normalized spacial score (nSPS) is 12.8. The van der Waals surface area contributed by atoms with Gasteiger partial charge < -0.3 is 15.5 Å². The first-order valence-corrected chi connectivity index (χ1v) is 10.6. The minimum atomic E-state index is -1.69. The molecular weight excluding hydrogens is 434 g/mol. The maximum Gasteiger partial charge on any atom is 0.332 e. The van der Waals surface area contributed by atoms with Crippen molar-refractivity contribution in [2.24, 2.45) is 5.92 Å². The highest BCUT2D eigenvalue weighted by molar-refractivity contribution is 6.35. The smallest absolute Gasteiger partial charge is 0.332 e. The summed E-state index contributed by atoms with van der Waals surface area (Å²) in [6, 6.07) is 14.1. The van der Waals surface area contributed by atoms with Gasteiger partial charge in [0.1, 0.15) is 0 Å². The fourth-order valence-electron chi connectivity index (χ4n) is 3.03. The number of amides is 2. The number of aliphatic hydroxyl groups is 1. The molecule has 0 radical (unpaired) electrons. The Morgan fingerprint density at radius 3 is 2.31 bits per heavy atom. The Balaban J connectivity index is 2.11. The molecule has 0 saturated carbocycles. The second-order valence-electron chi connectivity index (χ2n) is 7.87. The molecule has 0 aliphatic rings. The van der Waals surface area contributed by atoms with Gasteiger partial charge in [-0.25, -0.2) is 10.2 Å². The molecule has 2 aromatic rings. The van der Waals surface area contributed by atoms with Crippen molar-refractivity contribution >= 4 is 29.4 Å². The number of hydrogen-bond donors (Lipinski definition) is 5. The third-order valence-electron chi connectivity index (χ3n) is 4.65. The fraction of sp³-hybridized carbons (Fsp3) is 0.348. The third kappa shape index (κ3) is 7.96. The maximum atomic E-state index is 12.3. The monoisotopic (exact) mass is 461 g/mol. The molecule has 0 aliphatic heterocycles. The summed E-state index contributed by atoms with van der Waals surface area (Å²) in [6.07, 6.45) is -1.79. The quantitative estimate of drug-likeness (QED) is 0.272. The maximum absolute atomic E-state index is 12.3. The van der Waals surface area contributed by atoms with Gasteiger partial charge in [-0.3, -0.25) is 15.0 Å². The van der Waals surface area contributed by atoms with Gasteiger partial charge in [0.2, 0.25) is 0 Å². The zero-order valence-electron chi connectivity index (χ0n) is 18.0. The summed E-state index contributed by atoms with van der Waals surface area (Å²) in [4.78, 5) is 35.4. The van der Waals surface area contributed by atoms with E-state index < -0.39 is 29.9 Å². The molecule has 0 unspecified atom stereocenters. The Morgan fingerprint density at radius 1 is 1.03 bits per heavy atom. The number of carboxylic acid groups (broad SMARTS) is 1. The number of benzene rings is 2. The Morgan fingerprint density at radius 2 is 1.72 bits per heavy atom. The number of aliphatic hydroxyl groups excluding tert-OH is 1. The average Bonchev–Trinajstić information content (AvgIpc) is 2.73.